The number of carbonyl (C=O) groups excluding carboxylic acids is 1. The number of rotatable bonds is 5. The van der Waals surface area contributed by atoms with E-state index >= 15 is 0 Å². The summed E-state index contributed by atoms with van der Waals surface area (Å²) in [5.41, 5.74) is 1.08. The first kappa shape index (κ1) is 14.9. The number of hydrogen-bond acceptors (Lipinski definition) is 3. The molecular weight excluding hydrogens is 252 g/mol. The molecule has 1 saturated heterocycles. The van der Waals surface area contributed by atoms with Crippen LogP contribution in [0.3, 0.4) is 0 Å². The predicted octanol–water partition coefficient (Wildman–Crippen LogP) is 2.36. The van der Waals surface area contributed by atoms with Gasteiger partial charge in [-0.15, -0.1) is 0 Å². The van der Waals surface area contributed by atoms with E-state index in [4.69, 9.17) is 4.74 Å². The molecule has 1 aliphatic heterocycles. The molecular formula is C16H24N2O2. The summed E-state index contributed by atoms with van der Waals surface area (Å²) in [6.45, 7) is 3.95. The van der Waals surface area contributed by atoms with E-state index in [-0.39, 0.29) is 18.6 Å². The summed E-state index contributed by atoms with van der Waals surface area (Å²) >= 11 is 0. The van der Waals surface area contributed by atoms with Gasteiger partial charge in [0.05, 0.1) is 0 Å². The lowest BCUT2D eigenvalue weighted by atomic mass is 10.1. The van der Waals surface area contributed by atoms with Crippen LogP contribution >= 0.6 is 0 Å². The van der Waals surface area contributed by atoms with Gasteiger partial charge in [0.2, 0.25) is 0 Å². The van der Waals surface area contributed by atoms with Crippen molar-refractivity contribution in [2.75, 3.05) is 26.7 Å². The van der Waals surface area contributed by atoms with Gasteiger partial charge in [0, 0.05) is 24.7 Å². The SMILES string of the molecule is CNC(C)c1ccccc1OCC(=O)N1CCCCC1. The summed E-state index contributed by atoms with van der Waals surface area (Å²) in [6.07, 6.45) is 3.45. The van der Waals surface area contributed by atoms with Gasteiger partial charge >= 0.3 is 0 Å². The van der Waals surface area contributed by atoms with Gasteiger partial charge < -0.3 is 15.0 Å². The number of benzene rings is 1. The summed E-state index contributed by atoms with van der Waals surface area (Å²) in [5.74, 6) is 0.885. The van der Waals surface area contributed by atoms with Gasteiger partial charge in [-0.3, -0.25) is 4.79 Å². The second kappa shape index (κ2) is 7.29. The molecule has 1 amide bonds. The Hall–Kier alpha value is -1.55. The Morgan fingerprint density at radius 3 is 2.70 bits per heavy atom. The van der Waals surface area contributed by atoms with Gasteiger partial charge in [0.15, 0.2) is 6.61 Å². The van der Waals surface area contributed by atoms with E-state index in [1.165, 1.54) is 6.42 Å². The van der Waals surface area contributed by atoms with Crippen molar-refractivity contribution in [3.63, 3.8) is 0 Å². The molecule has 1 aliphatic rings. The minimum absolute atomic E-state index is 0.0941. The lowest BCUT2D eigenvalue weighted by molar-refractivity contribution is -0.134. The van der Waals surface area contributed by atoms with Crippen LogP contribution in [0.2, 0.25) is 0 Å². The highest BCUT2D eigenvalue weighted by atomic mass is 16.5. The number of likely N-dealkylation sites (tertiary alicyclic amines) is 1. The molecule has 1 unspecified atom stereocenters. The van der Waals surface area contributed by atoms with Crippen molar-refractivity contribution < 1.29 is 9.53 Å². The van der Waals surface area contributed by atoms with Crippen molar-refractivity contribution >= 4 is 5.91 Å². The van der Waals surface area contributed by atoms with Gasteiger partial charge in [-0.05, 0) is 39.3 Å². The molecule has 1 N–H and O–H groups in total. The largest absolute Gasteiger partial charge is 0.483 e. The molecule has 4 heteroatoms. The molecule has 0 radical (unpaired) electrons. The van der Waals surface area contributed by atoms with Gasteiger partial charge in [-0.25, -0.2) is 0 Å². The minimum atomic E-state index is 0.0941. The fourth-order valence-electron chi connectivity index (χ4n) is 2.50. The molecule has 1 aromatic rings. The number of para-hydroxylation sites is 1. The van der Waals surface area contributed by atoms with Crippen LogP contribution in [-0.4, -0.2) is 37.6 Å². The Bertz CT molecular complexity index is 442. The normalized spacial score (nSPS) is 16.8. The van der Waals surface area contributed by atoms with Crippen molar-refractivity contribution in [2.45, 2.75) is 32.2 Å². The topological polar surface area (TPSA) is 41.6 Å². The Morgan fingerprint density at radius 2 is 2.00 bits per heavy atom. The smallest absolute Gasteiger partial charge is 0.260 e. The van der Waals surface area contributed by atoms with Crippen LogP contribution in [-0.2, 0) is 4.79 Å². The number of ether oxygens (including phenoxy) is 1. The van der Waals surface area contributed by atoms with Gasteiger partial charge in [-0.2, -0.15) is 0 Å². The Kier molecular flexibility index (Phi) is 5.41. The molecule has 0 saturated carbocycles. The summed E-state index contributed by atoms with van der Waals surface area (Å²) in [5, 5.41) is 3.20. The van der Waals surface area contributed by atoms with Crippen molar-refractivity contribution in [1.29, 1.82) is 0 Å². The second-order valence-corrected chi connectivity index (χ2v) is 5.28. The highest BCUT2D eigenvalue weighted by Gasteiger charge is 2.17. The number of nitrogens with zero attached hydrogens (tertiary/aromatic N) is 1. The minimum Gasteiger partial charge on any atom is -0.483 e. The van der Waals surface area contributed by atoms with Crippen LogP contribution in [0.15, 0.2) is 24.3 Å². The van der Waals surface area contributed by atoms with Crippen LogP contribution < -0.4 is 10.1 Å². The van der Waals surface area contributed by atoms with E-state index in [1.54, 1.807) is 0 Å². The molecule has 1 atom stereocenters. The van der Waals surface area contributed by atoms with E-state index in [0.717, 1.165) is 37.2 Å². The van der Waals surface area contributed by atoms with E-state index in [1.807, 2.05) is 36.2 Å². The maximum Gasteiger partial charge on any atom is 0.260 e. The first-order valence-corrected chi connectivity index (χ1v) is 7.39. The Labute approximate surface area is 121 Å². The molecule has 1 fully saturated rings. The average molecular weight is 276 g/mol. The molecule has 0 aromatic heterocycles. The fourth-order valence-corrected chi connectivity index (χ4v) is 2.50. The van der Waals surface area contributed by atoms with Crippen LogP contribution in [0.1, 0.15) is 37.8 Å². The van der Waals surface area contributed by atoms with Crippen LogP contribution in [0, 0.1) is 0 Å². The van der Waals surface area contributed by atoms with E-state index in [0.29, 0.717) is 0 Å². The molecule has 0 spiro atoms. The lowest BCUT2D eigenvalue weighted by Crippen LogP contribution is -2.38. The third-order valence-electron chi connectivity index (χ3n) is 3.88. The summed E-state index contributed by atoms with van der Waals surface area (Å²) < 4.78 is 5.74. The zero-order chi connectivity index (χ0) is 14.4. The number of hydrogen-bond donors (Lipinski definition) is 1. The van der Waals surface area contributed by atoms with Crippen molar-refractivity contribution in [2.24, 2.45) is 0 Å². The average Bonchev–Trinajstić information content (AvgIpc) is 2.53. The van der Waals surface area contributed by atoms with E-state index in [2.05, 4.69) is 12.2 Å². The molecule has 2 rings (SSSR count). The Balaban J connectivity index is 1.94. The van der Waals surface area contributed by atoms with Crippen molar-refractivity contribution in [1.82, 2.24) is 10.2 Å². The maximum absolute atomic E-state index is 12.1. The van der Waals surface area contributed by atoms with E-state index in [9.17, 15) is 4.79 Å². The zero-order valence-electron chi connectivity index (χ0n) is 12.4. The van der Waals surface area contributed by atoms with Gasteiger partial charge in [0.25, 0.3) is 5.91 Å². The molecule has 1 heterocycles. The predicted molar refractivity (Wildman–Crippen MR) is 79.8 cm³/mol. The van der Waals surface area contributed by atoms with Crippen molar-refractivity contribution in [3.8, 4) is 5.75 Å². The molecule has 4 nitrogen and oxygen atoms in total. The third-order valence-corrected chi connectivity index (χ3v) is 3.88. The van der Waals surface area contributed by atoms with Gasteiger partial charge in [0.1, 0.15) is 5.75 Å². The molecule has 0 aliphatic carbocycles. The zero-order valence-corrected chi connectivity index (χ0v) is 12.4. The molecule has 110 valence electrons. The Morgan fingerprint density at radius 1 is 1.30 bits per heavy atom. The standard InChI is InChI=1S/C16H24N2O2/c1-13(17-2)14-8-4-5-9-15(14)20-12-16(19)18-10-6-3-7-11-18/h4-5,8-9,13,17H,3,6-7,10-12H2,1-2H3. The third kappa shape index (κ3) is 3.73. The van der Waals surface area contributed by atoms with Crippen molar-refractivity contribution in [3.05, 3.63) is 29.8 Å². The molecule has 20 heavy (non-hydrogen) atoms. The first-order valence-electron chi connectivity index (χ1n) is 7.39. The van der Waals surface area contributed by atoms with Crippen LogP contribution in [0.5, 0.6) is 5.75 Å². The monoisotopic (exact) mass is 276 g/mol. The summed E-state index contributed by atoms with van der Waals surface area (Å²) in [7, 11) is 1.92. The van der Waals surface area contributed by atoms with Gasteiger partial charge in [-0.1, -0.05) is 18.2 Å². The first-order chi connectivity index (χ1) is 9.72. The molecule has 1 aromatic carbocycles. The van der Waals surface area contributed by atoms with E-state index < -0.39 is 0 Å². The second-order valence-electron chi connectivity index (χ2n) is 5.28. The highest BCUT2D eigenvalue weighted by Crippen LogP contribution is 2.24. The number of carbonyl (C=O) groups is 1. The maximum atomic E-state index is 12.1. The quantitative estimate of drug-likeness (QED) is 0.897. The summed E-state index contributed by atoms with van der Waals surface area (Å²) in [6, 6.07) is 8.08. The highest BCUT2D eigenvalue weighted by molar-refractivity contribution is 5.77. The molecule has 0 bridgehead atoms. The number of piperidine rings is 1. The fraction of sp³-hybridized carbons (Fsp3) is 0.562. The summed E-state index contributed by atoms with van der Waals surface area (Å²) in [4.78, 5) is 14.0. The lowest BCUT2D eigenvalue weighted by Gasteiger charge is -2.27. The number of nitrogens with one attached hydrogen (secondary N) is 1. The van der Waals surface area contributed by atoms with Crippen LogP contribution in [0.4, 0.5) is 0 Å². The number of amides is 1. The van der Waals surface area contributed by atoms with Crippen LogP contribution in [0.25, 0.3) is 0 Å².